The topological polar surface area (TPSA) is 45.6 Å². The van der Waals surface area contributed by atoms with Gasteiger partial charge in [0, 0.05) is 24.2 Å². The number of ether oxygens (including phenoxy) is 1. The van der Waals surface area contributed by atoms with E-state index in [0.29, 0.717) is 6.61 Å². The van der Waals surface area contributed by atoms with Gasteiger partial charge >= 0.3 is 0 Å². The maximum atomic E-state index is 11.2. The van der Waals surface area contributed by atoms with Gasteiger partial charge in [-0.3, -0.25) is 9.88 Å². The molecule has 1 aromatic heterocycles. The van der Waals surface area contributed by atoms with Crippen LogP contribution in [0.2, 0.25) is 0 Å². The van der Waals surface area contributed by atoms with Gasteiger partial charge in [-0.2, -0.15) is 0 Å². The molecule has 0 saturated carbocycles. The fourth-order valence-corrected chi connectivity index (χ4v) is 4.84. The molecule has 2 aromatic rings. The Morgan fingerprint density at radius 1 is 1.32 bits per heavy atom. The molecule has 1 aromatic carbocycles. The summed E-state index contributed by atoms with van der Waals surface area (Å²) < 4.78 is 5.65. The SMILES string of the molecule is CCOc1ccc2nccc([C@@H](O)[C@@H]3C[C@@H]4CCN3C[C@@H]4CC)c2c1. The van der Waals surface area contributed by atoms with E-state index in [-0.39, 0.29) is 6.04 Å². The average Bonchev–Trinajstić information content (AvgIpc) is 2.67. The van der Waals surface area contributed by atoms with E-state index in [0.717, 1.165) is 53.6 Å². The van der Waals surface area contributed by atoms with E-state index in [1.165, 1.54) is 12.8 Å². The molecule has 25 heavy (non-hydrogen) atoms. The summed E-state index contributed by atoms with van der Waals surface area (Å²) >= 11 is 0. The predicted octanol–water partition coefficient (Wildman–Crippen LogP) is 3.79. The average molecular weight is 340 g/mol. The van der Waals surface area contributed by atoms with Crippen LogP contribution < -0.4 is 4.74 Å². The molecule has 5 atom stereocenters. The Morgan fingerprint density at radius 3 is 2.92 bits per heavy atom. The highest BCUT2D eigenvalue weighted by Gasteiger charge is 2.42. The molecule has 1 N–H and O–H groups in total. The van der Waals surface area contributed by atoms with Crippen molar-refractivity contribution in [1.82, 2.24) is 9.88 Å². The van der Waals surface area contributed by atoms with Crippen molar-refractivity contribution in [2.75, 3.05) is 19.7 Å². The first-order chi connectivity index (χ1) is 12.2. The molecule has 3 aliphatic heterocycles. The molecular formula is C21H28N2O2. The van der Waals surface area contributed by atoms with Gasteiger partial charge in [0.25, 0.3) is 0 Å². The van der Waals surface area contributed by atoms with Gasteiger partial charge in [-0.15, -0.1) is 0 Å². The zero-order chi connectivity index (χ0) is 17.4. The highest BCUT2D eigenvalue weighted by molar-refractivity contribution is 5.83. The number of aliphatic hydroxyl groups is 1. The van der Waals surface area contributed by atoms with Gasteiger partial charge in [-0.1, -0.05) is 13.3 Å². The van der Waals surface area contributed by atoms with Crippen molar-refractivity contribution < 1.29 is 9.84 Å². The zero-order valence-corrected chi connectivity index (χ0v) is 15.2. The van der Waals surface area contributed by atoms with Crippen LogP contribution in [-0.4, -0.2) is 40.7 Å². The van der Waals surface area contributed by atoms with Crippen molar-refractivity contribution in [2.45, 2.75) is 45.3 Å². The largest absolute Gasteiger partial charge is 0.494 e. The molecule has 0 spiro atoms. The van der Waals surface area contributed by atoms with Gasteiger partial charge in [0.05, 0.1) is 18.2 Å². The predicted molar refractivity (Wildman–Crippen MR) is 99.7 cm³/mol. The first-order valence-corrected chi connectivity index (χ1v) is 9.64. The number of pyridine rings is 1. The number of benzene rings is 1. The molecule has 134 valence electrons. The summed E-state index contributed by atoms with van der Waals surface area (Å²) in [5, 5.41) is 12.2. The van der Waals surface area contributed by atoms with Crippen LogP contribution in [0.3, 0.4) is 0 Å². The second-order valence-corrected chi connectivity index (χ2v) is 7.47. The summed E-state index contributed by atoms with van der Waals surface area (Å²) in [7, 11) is 0. The fourth-order valence-electron chi connectivity index (χ4n) is 4.84. The third-order valence-electron chi connectivity index (χ3n) is 6.20. The van der Waals surface area contributed by atoms with E-state index in [1.54, 1.807) is 0 Å². The zero-order valence-electron chi connectivity index (χ0n) is 15.2. The van der Waals surface area contributed by atoms with Gasteiger partial charge < -0.3 is 9.84 Å². The molecule has 3 saturated heterocycles. The van der Waals surface area contributed by atoms with E-state index < -0.39 is 6.10 Å². The number of nitrogens with zero attached hydrogens (tertiary/aromatic N) is 2. The van der Waals surface area contributed by atoms with Crippen molar-refractivity contribution >= 4 is 10.9 Å². The Hall–Kier alpha value is -1.65. The van der Waals surface area contributed by atoms with E-state index in [9.17, 15) is 5.11 Å². The Bertz CT molecular complexity index is 748. The summed E-state index contributed by atoms with van der Waals surface area (Å²) in [6.45, 7) is 7.18. The second-order valence-electron chi connectivity index (χ2n) is 7.47. The highest BCUT2D eigenvalue weighted by Crippen LogP contribution is 2.42. The number of aliphatic hydroxyl groups excluding tert-OH is 1. The minimum absolute atomic E-state index is 0.225. The quantitative estimate of drug-likeness (QED) is 0.899. The van der Waals surface area contributed by atoms with Crippen LogP contribution in [0.25, 0.3) is 10.9 Å². The lowest BCUT2D eigenvalue weighted by atomic mass is 9.72. The van der Waals surface area contributed by atoms with Crippen LogP contribution in [0, 0.1) is 11.8 Å². The van der Waals surface area contributed by atoms with Crippen molar-refractivity contribution in [3.8, 4) is 5.75 Å². The summed E-state index contributed by atoms with van der Waals surface area (Å²) in [4.78, 5) is 6.98. The van der Waals surface area contributed by atoms with E-state index in [2.05, 4.69) is 16.8 Å². The number of aromatic nitrogens is 1. The molecule has 3 fully saturated rings. The van der Waals surface area contributed by atoms with Crippen LogP contribution in [0.4, 0.5) is 0 Å². The van der Waals surface area contributed by atoms with Crippen molar-refractivity contribution in [3.05, 3.63) is 36.0 Å². The maximum Gasteiger partial charge on any atom is 0.120 e. The lowest BCUT2D eigenvalue weighted by Gasteiger charge is -2.51. The molecule has 5 rings (SSSR count). The number of fused-ring (bicyclic) bond motifs is 4. The number of hydrogen-bond donors (Lipinski definition) is 1. The van der Waals surface area contributed by atoms with Crippen LogP contribution in [0.15, 0.2) is 30.5 Å². The van der Waals surface area contributed by atoms with E-state index in [1.807, 2.05) is 37.4 Å². The molecule has 3 aliphatic rings. The molecule has 2 bridgehead atoms. The lowest BCUT2D eigenvalue weighted by Crippen LogP contribution is -2.55. The fraction of sp³-hybridized carbons (Fsp3) is 0.571. The molecule has 4 heterocycles. The Morgan fingerprint density at radius 2 is 2.20 bits per heavy atom. The van der Waals surface area contributed by atoms with Gasteiger partial charge in [0.1, 0.15) is 5.75 Å². The molecule has 0 aliphatic carbocycles. The normalized spacial score (nSPS) is 29.7. The second kappa shape index (κ2) is 6.93. The van der Waals surface area contributed by atoms with Crippen LogP contribution in [0.1, 0.15) is 44.8 Å². The van der Waals surface area contributed by atoms with Crippen molar-refractivity contribution in [3.63, 3.8) is 0 Å². The first kappa shape index (κ1) is 16.8. The molecule has 0 radical (unpaired) electrons. The number of piperidine rings is 3. The van der Waals surface area contributed by atoms with Gasteiger partial charge in [0.15, 0.2) is 0 Å². The van der Waals surface area contributed by atoms with Crippen LogP contribution in [0.5, 0.6) is 5.75 Å². The monoisotopic (exact) mass is 340 g/mol. The van der Waals surface area contributed by atoms with Crippen LogP contribution in [-0.2, 0) is 0 Å². The van der Waals surface area contributed by atoms with Crippen LogP contribution >= 0.6 is 0 Å². The van der Waals surface area contributed by atoms with Gasteiger partial charge in [0.2, 0.25) is 0 Å². The summed E-state index contributed by atoms with van der Waals surface area (Å²) in [6.07, 6.45) is 4.98. The van der Waals surface area contributed by atoms with E-state index >= 15 is 0 Å². The smallest absolute Gasteiger partial charge is 0.120 e. The maximum absolute atomic E-state index is 11.2. The Labute approximate surface area is 149 Å². The van der Waals surface area contributed by atoms with Crippen molar-refractivity contribution in [1.29, 1.82) is 0 Å². The summed E-state index contributed by atoms with van der Waals surface area (Å²) in [6, 6.07) is 8.16. The summed E-state index contributed by atoms with van der Waals surface area (Å²) in [5.41, 5.74) is 1.90. The highest BCUT2D eigenvalue weighted by atomic mass is 16.5. The standard InChI is InChI=1S/C21H28N2O2/c1-3-14-13-23-10-8-15(14)11-20(23)21(24)17-7-9-22-19-6-5-16(25-4-2)12-18(17)19/h5-7,9,12,14-15,20-21,24H,3-4,8,10-11,13H2,1-2H3/t14-,15-,20-,21+/m0/s1. The third kappa shape index (κ3) is 3.02. The Balaban J connectivity index is 1.66. The lowest BCUT2D eigenvalue weighted by molar-refractivity contribution is -0.0562. The molecular weight excluding hydrogens is 312 g/mol. The minimum Gasteiger partial charge on any atom is -0.494 e. The summed E-state index contributed by atoms with van der Waals surface area (Å²) in [5.74, 6) is 2.41. The van der Waals surface area contributed by atoms with Gasteiger partial charge in [-0.05, 0) is 68.0 Å². The number of rotatable bonds is 5. The van der Waals surface area contributed by atoms with Gasteiger partial charge in [-0.25, -0.2) is 0 Å². The molecule has 4 heteroatoms. The molecule has 1 unspecified atom stereocenters. The molecule has 4 nitrogen and oxygen atoms in total. The minimum atomic E-state index is -0.469. The first-order valence-electron chi connectivity index (χ1n) is 9.64. The Kier molecular flexibility index (Phi) is 4.65. The number of hydrogen-bond acceptors (Lipinski definition) is 4. The molecule has 0 amide bonds. The van der Waals surface area contributed by atoms with E-state index in [4.69, 9.17) is 4.74 Å². The third-order valence-corrected chi connectivity index (χ3v) is 6.20. The van der Waals surface area contributed by atoms with Crippen molar-refractivity contribution in [2.24, 2.45) is 11.8 Å².